The average Bonchev–Trinajstić information content (AvgIpc) is 2.93. The summed E-state index contributed by atoms with van der Waals surface area (Å²) in [4.78, 5) is 0. The summed E-state index contributed by atoms with van der Waals surface area (Å²) in [6.45, 7) is 0. The second kappa shape index (κ2) is 6.47. The zero-order valence-corrected chi connectivity index (χ0v) is 10.6. The van der Waals surface area contributed by atoms with Gasteiger partial charge in [0.15, 0.2) is 0 Å². The van der Waals surface area contributed by atoms with Crippen LogP contribution in [-0.4, -0.2) is 6.10 Å². The summed E-state index contributed by atoms with van der Waals surface area (Å²) < 4.78 is 5.88. The molecular weight excluding hydrogens is 238 g/mol. The van der Waals surface area contributed by atoms with Crippen LogP contribution in [0.4, 0.5) is 5.69 Å². The standard InChI is InChI=1S/C15H15N3O/c16-9-12(10-17)11-18-13-4-3-7-15(8-13)19-14-5-1-2-6-14/h3-4,7-8,11,14,18H,1-2,5-6H2. The van der Waals surface area contributed by atoms with E-state index in [2.05, 4.69) is 5.32 Å². The van der Waals surface area contributed by atoms with Crippen LogP contribution in [0.1, 0.15) is 25.7 Å². The van der Waals surface area contributed by atoms with E-state index in [1.807, 2.05) is 24.3 Å². The number of rotatable bonds is 4. The van der Waals surface area contributed by atoms with Crippen LogP contribution >= 0.6 is 0 Å². The van der Waals surface area contributed by atoms with Crippen molar-refractivity contribution in [2.24, 2.45) is 0 Å². The van der Waals surface area contributed by atoms with E-state index in [1.165, 1.54) is 19.0 Å². The molecule has 0 spiro atoms. The highest BCUT2D eigenvalue weighted by Crippen LogP contribution is 2.25. The third kappa shape index (κ3) is 3.76. The Hall–Kier alpha value is -2.46. The zero-order chi connectivity index (χ0) is 13.5. The summed E-state index contributed by atoms with van der Waals surface area (Å²) in [6.07, 6.45) is 6.42. The van der Waals surface area contributed by atoms with Crippen LogP contribution in [0.25, 0.3) is 0 Å². The highest BCUT2D eigenvalue weighted by atomic mass is 16.5. The first-order valence-electron chi connectivity index (χ1n) is 6.35. The normalized spacial score (nSPS) is 14.2. The monoisotopic (exact) mass is 253 g/mol. The lowest BCUT2D eigenvalue weighted by molar-refractivity contribution is 0.210. The minimum atomic E-state index is 0.0436. The van der Waals surface area contributed by atoms with Gasteiger partial charge >= 0.3 is 0 Å². The molecule has 1 aliphatic carbocycles. The summed E-state index contributed by atoms with van der Waals surface area (Å²) in [5.41, 5.74) is 0.848. The Morgan fingerprint density at radius 2 is 2.00 bits per heavy atom. The third-order valence-electron chi connectivity index (χ3n) is 3.06. The van der Waals surface area contributed by atoms with E-state index in [0.717, 1.165) is 24.3 Å². The Morgan fingerprint density at radius 1 is 1.26 bits per heavy atom. The van der Waals surface area contributed by atoms with Gasteiger partial charge in [-0.3, -0.25) is 0 Å². The predicted molar refractivity (Wildman–Crippen MR) is 72.3 cm³/mol. The van der Waals surface area contributed by atoms with E-state index in [9.17, 15) is 0 Å². The SMILES string of the molecule is N#CC(C#N)=CNc1cccc(OC2CCCC2)c1. The quantitative estimate of drug-likeness (QED) is 0.835. The van der Waals surface area contributed by atoms with Gasteiger partial charge in [0.2, 0.25) is 0 Å². The molecule has 0 aliphatic heterocycles. The van der Waals surface area contributed by atoms with Crippen molar-refractivity contribution < 1.29 is 4.74 Å². The van der Waals surface area contributed by atoms with Crippen molar-refractivity contribution in [2.75, 3.05) is 5.32 Å². The minimum absolute atomic E-state index is 0.0436. The molecular formula is C15H15N3O. The molecule has 1 aliphatic rings. The molecule has 2 rings (SSSR count). The van der Waals surface area contributed by atoms with Crippen LogP contribution < -0.4 is 10.1 Å². The highest BCUT2D eigenvalue weighted by Gasteiger charge is 2.16. The third-order valence-corrected chi connectivity index (χ3v) is 3.06. The fourth-order valence-electron chi connectivity index (χ4n) is 2.10. The maximum atomic E-state index is 8.64. The number of allylic oxidation sites excluding steroid dienone is 1. The Morgan fingerprint density at radius 3 is 2.68 bits per heavy atom. The number of ether oxygens (including phenoxy) is 1. The lowest BCUT2D eigenvalue weighted by Gasteiger charge is -2.13. The smallest absolute Gasteiger partial charge is 0.145 e. The molecule has 0 atom stereocenters. The lowest BCUT2D eigenvalue weighted by Crippen LogP contribution is -2.10. The molecule has 96 valence electrons. The predicted octanol–water partition coefficient (Wildman–Crippen LogP) is 3.35. The average molecular weight is 253 g/mol. The van der Waals surface area contributed by atoms with Crippen molar-refractivity contribution in [2.45, 2.75) is 31.8 Å². The molecule has 0 amide bonds. The van der Waals surface area contributed by atoms with Gasteiger partial charge in [0.05, 0.1) is 6.10 Å². The second-order valence-corrected chi connectivity index (χ2v) is 4.48. The van der Waals surface area contributed by atoms with Crippen molar-refractivity contribution in [1.29, 1.82) is 10.5 Å². The molecule has 0 aromatic heterocycles. The number of anilines is 1. The van der Waals surface area contributed by atoms with Crippen molar-refractivity contribution in [1.82, 2.24) is 0 Å². The van der Waals surface area contributed by atoms with E-state index in [-0.39, 0.29) is 5.57 Å². The van der Waals surface area contributed by atoms with Crippen LogP contribution in [0.3, 0.4) is 0 Å². The second-order valence-electron chi connectivity index (χ2n) is 4.48. The summed E-state index contributed by atoms with van der Waals surface area (Å²) in [7, 11) is 0. The summed E-state index contributed by atoms with van der Waals surface area (Å²) >= 11 is 0. The number of benzene rings is 1. The van der Waals surface area contributed by atoms with Crippen molar-refractivity contribution in [3.63, 3.8) is 0 Å². The fraction of sp³-hybridized carbons (Fsp3) is 0.333. The van der Waals surface area contributed by atoms with Gasteiger partial charge in [-0.1, -0.05) is 6.07 Å². The number of hydrogen-bond donors (Lipinski definition) is 1. The van der Waals surface area contributed by atoms with E-state index in [1.54, 1.807) is 12.1 Å². The molecule has 1 aromatic rings. The van der Waals surface area contributed by atoms with Gasteiger partial charge < -0.3 is 10.1 Å². The van der Waals surface area contributed by atoms with E-state index < -0.39 is 0 Å². The van der Waals surface area contributed by atoms with Crippen molar-refractivity contribution in [3.8, 4) is 17.9 Å². The Labute approximate surface area is 112 Å². The molecule has 0 unspecified atom stereocenters. The van der Waals surface area contributed by atoms with Gasteiger partial charge in [0.25, 0.3) is 0 Å². The molecule has 0 heterocycles. The van der Waals surface area contributed by atoms with Crippen molar-refractivity contribution in [3.05, 3.63) is 36.0 Å². The molecule has 1 N–H and O–H groups in total. The molecule has 1 aromatic carbocycles. The summed E-state index contributed by atoms with van der Waals surface area (Å²) in [5.74, 6) is 0.820. The number of nitrogens with one attached hydrogen (secondary N) is 1. The van der Waals surface area contributed by atoms with Gasteiger partial charge in [0, 0.05) is 18.0 Å². The Balaban J connectivity index is 2.01. The van der Waals surface area contributed by atoms with Gasteiger partial charge in [-0.15, -0.1) is 0 Å². The number of nitriles is 2. The van der Waals surface area contributed by atoms with Crippen LogP contribution in [0.5, 0.6) is 5.75 Å². The lowest BCUT2D eigenvalue weighted by atomic mass is 10.2. The van der Waals surface area contributed by atoms with E-state index in [4.69, 9.17) is 15.3 Å². The molecule has 4 heteroatoms. The van der Waals surface area contributed by atoms with Gasteiger partial charge in [-0.05, 0) is 37.8 Å². The number of hydrogen-bond acceptors (Lipinski definition) is 4. The molecule has 0 radical (unpaired) electrons. The molecule has 19 heavy (non-hydrogen) atoms. The first-order chi connectivity index (χ1) is 9.31. The molecule has 1 saturated carbocycles. The topological polar surface area (TPSA) is 68.8 Å². The maximum Gasteiger partial charge on any atom is 0.145 e. The summed E-state index contributed by atoms with van der Waals surface area (Å²) in [6, 6.07) is 11.2. The Kier molecular flexibility index (Phi) is 4.42. The van der Waals surface area contributed by atoms with Gasteiger partial charge in [-0.2, -0.15) is 10.5 Å². The largest absolute Gasteiger partial charge is 0.490 e. The molecule has 4 nitrogen and oxygen atoms in total. The zero-order valence-electron chi connectivity index (χ0n) is 10.6. The summed E-state index contributed by atoms with van der Waals surface area (Å²) in [5, 5.41) is 20.2. The fourth-order valence-corrected chi connectivity index (χ4v) is 2.10. The van der Waals surface area contributed by atoms with Crippen molar-refractivity contribution >= 4 is 5.69 Å². The highest BCUT2D eigenvalue weighted by molar-refractivity contribution is 5.52. The maximum absolute atomic E-state index is 8.64. The first-order valence-corrected chi connectivity index (χ1v) is 6.35. The Bertz CT molecular complexity index is 529. The molecule has 0 saturated heterocycles. The van der Waals surface area contributed by atoms with Gasteiger partial charge in [0.1, 0.15) is 23.5 Å². The number of nitrogens with zero attached hydrogens (tertiary/aromatic N) is 2. The van der Waals surface area contributed by atoms with Crippen LogP contribution in [-0.2, 0) is 0 Å². The first kappa shape index (κ1) is 13.0. The van der Waals surface area contributed by atoms with Crippen LogP contribution in [0.15, 0.2) is 36.0 Å². The van der Waals surface area contributed by atoms with Gasteiger partial charge in [-0.25, -0.2) is 0 Å². The minimum Gasteiger partial charge on any atom is -0.490 e. The van der Waals surface area contributed by atoms with Crippen LogP contribution in [0.2, 0.25) is 0 Å². The van der Waals surface area contributed by atoms with E-state index in [0.29, 0.717) is 6.10 Å². The molecule has 0 bridgehead atoms. The van der Waals surface area contributed by atoms with Crippen LogP contribution in [0, 0.1) is 22.7 Å². The molecule has 1 fully saturated rings. The van der Waals surface area contributed by atoms with E-state index >= 15 is 0 Å².